The normalized spacial score (nSPS) is 9.12. The average molecular weight is 127 g/mol. The smallest absolute Gasteiger partial charge is 0.181 e. The second-order valence-corrected chi connectivity index (χ2v) is 1.93. The van der Waals surface area contributed by atoms with E-state index < -0.39 is 0 Å². The van der Waals surface area contributed by atoms with Crippen LogP contribution < -0.4 is 4.73 Å². The van der Waals surface area contributed by atoms with E-state index in [1.807, 2.05) is 0 Å². The molecule has 1 aromatic heterocycles. The summed E-state index contributed by atoms with van der Waals surface area (Å²) in [6.07, 6.45) is 2.81. The average Bonchev–Trinajstić information content (AvgIpc) is 1.77. The van der Waals surface area contributed by atoms with E-state index in [0.29, 0.717) is 0 Å². The Kier molecular flexibility index (Phi) is 1.39. The van der Waals surface area contributed by atoms with Gasteiger partial charge in [0.05, 0.1) is 0 Å². The van der Waals surface area contributed by atoms with Crippen molar-refractivity contribution in [2.45, 2.75) is 4.90 Å². The van der Waals surface area contributed by atoms with Gasteiger partial charge in [-0.15, -0.1) is 12.6 Å². The summed E-state index contributed by atoms with van der Waals surface area (Å²) in [5.41, 5.74) is 0. The molecule has 0 radical (unpaired) electrons. The Bertz CT molecular complexity index is 151. The minimum atomic E-state index is 0.722. The van der Waals surface area contributed by atoms with Crippen molar-refractivity contribution in [3.05, 3.63) is 29.7 Å². The van der Waals surface area contributed by atoms with Gasteiger partial charge in [-0.25, -0.2) is 0 Å². The minimum Gasteiger partial charge on any atom is -0.619 e. The quantitative estimate of drug-likeness (QED) is 0.308. The van der Waals surface area contributed by atoms with E-state index in [9.17, 15) is 5.21 Å². The van der Waals surface area contributed by atoms with Gasteiger partial charge in [0.15, 0.2) is 12.4 Å². The molecule has 2 nitrogen and oxygen atoms in total. The van der Waals surface area contributed by atoms with Crippen molar-refractivity contribution in [2.75, 3.05) is 0 Å². The molecule has 0 aliphatic rings. The second-order valence-electron chi connectivity index (χ2n) is 1.42. The lowest BCUT2D eigenvalue weighted by Gasteiger charge is -1.91. The van der Waals surface area contributed by atoms with Crippen molar-refractivity contribution >= 4 is 12.6 Å². The molecular weight excluding hydrogens is 122 g/mol. The molecule has 0 fully saturated rings. The fourth-order valence-electron chi connectivity index (χ4n) is 0.405. The van der Waals surface area contributed by atoms with Crippen LogP contribution in [0.25, 0.3) is 0 Å². The number of aromatic nitrogens is 1. The largest absolute Gasteiger partial charge is 0.619 e. The third-order valence-corrected chi connectivity index (χ3v) is 1.08. The monoisotopic (exact) mass is 127 g/mol. The maximum absolute atomic E-state index is 10.3. The molecule has 1 heterocycles. The molecule has 0 unspecified atom stereocenters. The Morgan fingerprint density at radius 1 is 1.38 bits per heavy atom. The van der Waals surface area contributed by atoms with Crippen LogP contribution in [0.2, 0.25) is 0 Å². The van der Waals surface area contributed by atoms with Crippen LogP contribution in [0.4, 0.5) is 0 Å². The summed E-state index contributed by atoms with van der Waals surface area (Å²) in [6, 6.07) is 3.27. The minimum absolute atomic E-state index is 0.722. The summed E-state index contributed by atoms with van der Waals surface area (Å²) in [5, 5.41) is 10.3. The van der Waals surface area contributed by atoms with E-state index in [4.69, 9.17) is 0 Å². The van der Waals surface area contributed by atoms with Crippen LogP contribution in [0.3, 0.4) is 0 Å². The van der Waals surface area contributed by atoms with Crippen molar-refractivity contribution < 1.29 is 4.73 Å². The first kappa shape index (κ1) is 5.44. The molecule has 0 spiro atoms. The zero-order chi connectivity index (χ0) is 5.98. The highest BCUT2D eigenvalue weighted by atomic mass is 32.1. The highest BCUT2D eigenvalue weighted by Crippen LogP contribution is 1.97. The fourth-order valence-corrected chi connectivity index (χ4v) is 0.538. The van der Waals surface area contributed by atoms with E-state index >= 15 is 0 Å². The Morgan fingerprint density at radius 2 is 1.88 bits per heavy atom. The summed E-state index contributed by atoms with van der Waals surface area (Å²) in [4.78, 5) is 0.803. The van der Waals surface area contributed by atoms with E-state index in [0.717, 1.165) is 9.63 Å². The molecule has 0 N–H and O–H groups in total. The lowest BCUT2D eigenvalue weighted by molar-refractivity contribution is -0.605. The van der Waals surface area contributed by atoms with Gasteiger partial charge < -0.3 is 5.21 Å². The van der Waals surface area contributed by atoms with E-state index in [-0.39, 0.29) is 0 Å². The maximum Gasteiger partial charge on any atom is 0.181 e. The summed E-state index contributed by atoms with van der Waals surface area (Å²) in [5.74, 6) is 0. The first-order valence-electron chi connectivity index (χ1n) is 2.17. The molecule has 0 saturated heterocycles. The van der Waals surface area contributed by atoms with Crippen molar-refractivity contribution in [3.63, 3.8) is 0 Å². The molecule has 1 rings (SSSR count). The fraction of sp³-hybridized carbons (Fsp3) is 0. The van der Waals surface area contributed by atoms with Gasteiger partial charge in [0.2, 0.25) is 0 Å². The van der Waals surface area contributed by atoms with Crippen LogP contribution in [0.5, 0.6) is 0 Å². The Hall–Kier alpha value is -0.700. The SMILES string of the molecule is [O-][n+]1ccc(S)cc1. The number of nitrogens with zero attached hydrogens (tertiary/aromatic N) is 1. The van der Waals surface area contributed by atoms with Gasteiger partial charge in [0, 0.05) is 17.0 Å². The first-order chi connectivity index (χ1) is 3.79. The third-order valence-electron chi connectivity index (χ3n) is 0.784. The zero-order valence-corrected chi connectivity index (χ0v) is 5.01. The number of rotatable bonds is 0. The Balaban J connectivity index is 3.03. The van der Waals surface area contributed by atoms with Crippen LogP contribution in [-0.2, 0) is 0 Å². The Morgan fingerprint density at radius 3 is 2.25 bits per heavy atom. The van der Waals surface area contributed by atoms with E-state index in [1.54, 1.807) is 12.1 Å². The molecular formula is C5H5NOS. The van der Waals surface area contributed by atoms with Crippen molar-refractivity contribution in [2.24, 2.45) is 0 Å². The lowest BCUT2D eigenvalue weighted by Crippen LogP contribution is -2.23. The zero-order valence-electron chi connectivity index (χ0n) is 4.11. The molecule has 1 aromatic rings. The predicted octanol–water partition coefficient (Wildman–Crippen LogP) is 0.609. The van der Waals surface area contributed by atoms with Gasteiger partial charge in [-0.3, -0.25) is 0 Å². The number of thiol groups is 1. The summed E-state index contributed by atoms with van der Waals surface area (Å²) in [7, 11) is 0. The number of hydrogen-bond acceptors (Lipinski definition) is 2. The van der Waals surface area contributed by atoms with Crippen LogP contribution in [0.15, 0.2) is 29.4 Å². The van der Waals surface area contributed by atoms with Gasteiger partial charge in [-0.2, -0.15) is 4.73 Å². The van der Waals surface area contributed by atoms with Gasteiger partial charge in [-0.05, 0) is 0 Å². The summed E-state index contributed by atoms with van der Waals surface area (Å²) >= 11 is 3.98. The molecule has 0 atom stereocenters. The van der Waals surface area contributed by atoms with Crippen molar-refractivity contribution in [1.82, 2.24) is 0 Å². The van der Waals surface area contributed by atoms with E-state index in [2.05, 4.69) is 12.6 Å². The standard InChI is InChI=1S/C5H5NOS/c7-6-3-1-5(8)2-4-6/h1-4,8H. The third kappa shape index (κ3) is 1.13. The van der Waals surface area contributed by atoms with Gasteiger partial charge in [-0.1, -0.05) is 0 Å². The second kappa shape index (κ2) is 2.05. The van der Waals surface area contributed by atoms with Gasteiger partial charge in [0.1, 0.15) is 0 Å². The summed E-state index contributed by atoms with van der Waals surface area (Å²) < 4.78 is 0.722. The van der Waals surface area contributed by atoms with Crippen LogP contribution in [0.1, 0.15) is 0 Å². The van der Waals surface area contributed by atoms with E-state index in [1.165, 1.54) is 12.4 Å². The highest BCUT2D eigenvalue weighted by Gasteiger charge is 1.84. The van der Waals surface area contributed by atoms with Crippen molar-refractivity contribution in [1.29, 1.82) is 0 Å². The maximum atomic E-state index is 10.3. The number of hydrogen-bond donors (Lipinski definition) is 1. The molecule has 0 bridgehead atoms. The molecule has 0 saturated carbocycles. The number of pyridine rings is 1. The molecule has 8 heavy (non-hydrogen) atoms. The topological polar surface area (TPSA) is 26.9 Å². The first-order valence-corrected chi connectivity index (χ1v) is 2.61. The molecule has 0 aliphatic carbocycles. The van der Waals surface area contributed by atoms with Gasteiger partial charge in [0.25, 0.3) is 0 Å². The highest BCUT2D eigenvalue weighted by molar-refractivity contribution is 7.80. The lowest BCUT2D eigenvalue weighted by atomic mass is 10.5. The van der Waals surface area contributed by atoms with Crippen LogP contribution in [-0.4, -0.2) is 0 Å². The molecule has 42 valence electrons. The molecule has 0 aliphatic heterocycles. The Labute approximate surface area is 52.8 Å². The predicted molar refractivity (Wildman–Crippen MR) is 32.7 cm³/mol. The van der Waals surface area contributed by atoms with Crippen molar-refractivity contribution in [3.8, 4) is 0 Å². The van der Waals surface area contributed by atoms with Crippen LogP contribution >= 0.6 is 12.6 Å². The molecule has 0 amide bonds. The molecule has 0 aromatic carbocycles. The van der Waals surface area contributed by atoms with Crippen LogP contribution in [0, 0.1) is 5.21 Å². The van der Waals surface area contributed by atoms with Gasteiger partial charge >= 0.3 is 0 Å². The summed E-state index contributed by atoms with van der Waals surface area (Å²) in [6.45, 7) is 0. The molecule has 3 heteroatoms.